The van der Waals surface area contributed by atoms with E-state index in [1.807, 2.05) is 55.4 Å². The minimum absolute atomic E-state index is 0.184. The van der Waals surface area contributed by atoms with Crippen molar-refractivity contribution < 1.29 is 9.59 Å². The number of rotatable bonds is 3. The second kappa shape index (κ2) is 7.15. The fourth-order valence-corrected chi connectivity index (χ4v) is 3.41. The fourth-order valence-electron chi connectivity index (χ4n) is 3.13. The van der Waals surface area contributed by atoms with Crippen LogP contribution in [0.5, 0.6) is 0 Å². The molecule has 0 fully saturated rings. The third kappa shape index (κ3) is 3.61. The van der Waals surface area contributed by atoms with Gasteiger partial charge in [-0.2, -0.15) is 0 Å². The fraction of sp³-hybridized carbons (Fsp3) is 0.263. The molecular formula is C19H20ClN3O2. The van der Waals surface area contributed by atoms with Crippen LogP contribution in [-0.2, 0) is 16.0 Å². The first-order valence-electron chi connectivity index (χ1n) is 8.13. The molecule has 0 saturated carbocycles. The average Bonchev–Trinajstić information content (AvgIpc) is 2.99. The van der Waals surface area contributed by atoms with Crippen molar-refractivity contribution in [2.24, 2.45) is 0 Å². The molecule has 3 rings (SSSR count). The van der Waals surface area contributed by atoms with Crippen molar-refractivity contribution in [3.8, 4) is 0 Å². The number of fused-ring (bicyclic) bond motifs is 1. The predicted octanol–water partition coefficient (Wildman–Crippen LogP) is 3.15. The zero-order valence-electron chi connectivity index (χ0n) is 14.2. The third-order valence-electron chi connectivity index (χ3n) is 4.36. The van der Waals surface area contributed by atoms with E-state index in [0.29, 0.717) is 10.7 Å². The maximum atomic E-state index is 12.3. The molecule has 1 atom stereocenters. The molecule has 0 aliphatic heterocycles. The van der Waals surface area contributed by atoms with E-state index in [1.165, 1.54) is 0 Å². The Morgan fingerprint density at radius 2 is 1.84 bits per heavy atom. The molecule has 2 N–H and O–H groups in total. The van der Waals surface area contributed by atoms with E-state index in [-0.39, 0.29) is 6.04 Å². The highest BCUT2D eigenvalue weighted by molar-refractivity contribution is 6.40. The smallest absolute Gasteiger partial charge is 0.313 e. The first-order valence-corrected chi connectivity index (χ1v) is 8.50. The van der Waals surface area contributed by atoms with Gasteiger partial charge in [0, 0.05) is 19.1 Å². The van der Waals surface area contributed by atoms with E-state index in [0.717, 1.165) is 29.7 Å². The van der Waals surface area contributed by atoms with Gasteiger partial charge in [-0.15, -0.1) is 0 Å². The second-order valence-electron chi connectivity index (χ2n) is 6.24. The van der Waals surface area contributed by atoms with Crippen LogP contribution >= 0.6 is 11.6 Å². The minimum atomic E-state index is -0.676. The van der Waals surface area contributed by atoms with Gasteiger partial charge in [-0.25, -0.2) is 0 Å². The maximum Gasteiger partial charge on any atom is 0.313 e. The summed E-state index contributed by atoms with van der Waals surface area (Å²) in [6.07, 6.45) is 1.54. The zero-order chi connectivity index (χ0) is 18.0. The molecule has 2 aromatic rings. The molecule has 0 heterocycles. The summed E-state index contributed by atoms with van der Waals surface area (Å²) >= 11 is 6.19. The Morgan fingerprint density at radius 3 is 2.60 bits per heavy atom. The van der Waals surface area contributed by atoms with Crippen LogP contribution in [0.25, 0.3) is 0 Å². The van der Waals surface area contributed by atoms with Gasteiger partial charge in [0.25, 0.3) is 0 Å². The van der Waals surface area contributed by atoms with E-state index in [1.54, 1.807) is 6.07 Å². The number of carbonyl (C=O) groups is 2. The van der Waals surface area contributed by atoms with Gasteiger partial charge < -0.3 is 15.5 Å². The average molecular weight is 358 g/mol. The van der Waals surface area contributed by atoms with Crippen LogP contribution < -0.4 is 15.5 Å². The first kappa shape index (κ1) is 17.3. The van der Waals surface area contributed by atoms with Gasteiger partial charge in [-0.3, -0.25) is 9.59 Å². The third-order valence-corrected chi connectivity index (χ3v) is 4.71. The van der Waals surface area contributed by atoms with E-state index in [9.17, 15) is 9.59 Å². The highest BCUT2D eigenvalue weighted by Gasteiger charge is 2.27. The molecular weight excluding hydrogens is 338 g/mol. The molecule has 5 nitrogen and oxygen atoms in total. The number of hydrogen-bond donors (Lipinski definition) is 2. The lowest BCUT2D eigenvalue weighted by Gasteiger charge is -2.18. The summed E-state index contributed by atoms with van der Waals surface area (Å²) in [5.41, 5.74) is 3.47. The van der Waals surface area contributed by atoms with Gasteiger partial charge in [0.05, 0.1) is 17.4 Å². The summed E-state index contributed by atoms with van der Waals surface area (Å²) in [5.74, 6) is -1.32. The van der Waals surface area contributed by atoms with Gasteiger partial charge in [-0.05, 0) is 42.2 Å². The van der Waals surface area contributed by atoms with Crippen molar-refractivity contribution in [3.05, 3.63) is 58.6 Å². The van der Waals surface area contributed by atoms with Gasteiger partial charge in [0.2, 0.25) is 0 Å². The van der Waals surface area contributed by atoms with Crippen LogP contribution in [0.4, 0.5) is 11.4 Å². The molecule has 2 amide bonds. The summed E-state index contributed by atoms with van der Waals surface area (Å²) in [6, 6.07) is 12.8. The Labute approximate surface area is 152 Å². The minimum Gasteiger partial charge on any atom is -0.376 e. The number of nitrogens with one attached hydrogen (secondary N) is 2. The van der Waals surface area contributed by atoms with Gasteiger partial charge in [0.1, 0.15) is 0 Å². The van der Waals surface area contributed by atoms with E-state index < -0.39 is 11.8 Å². The number of halogens is 1. The lowest BCUT2D eigenvalue weighted by molar-refractivity contribution is -0.136. The highest BCUT2D eigenvalue weighted by Crippen LogP contribution is 2.35. The Balaban J connectivity index is 1.69. The number of amides is 2. The molecule has 0 spiro atoms. The quantitative estimate of drug-likeness (QED) is 0.829. The lowest BCUT2D eigenvalue weighted by atomic mass is 10.1. The number of benzene rings is 2. The number of para-hydroxylation sites is 2. The summed E-state index contributed by atoms with van der Waals surface area (Å²) in [5, 5.41) is 6.20. The zero-order valence-corrected chi connectivity index (χ0v) is 14.9. The SMILES string of the molecule is CN(C)c1ccccc1NC(=O)C(=O)NC1CCc2c(Cl)cccc21. The van der Waals surface area contributed by atoms with Gasteiger partial charge >= 0.3 is 11.8 Å². The van der Waals surface area contributed by atoms with Crippen LogP contribution in [0, 0.1) is 0 Å². The van der Waals surface area contributed by atoms with Crippen LogP contribution in [0.15, 0.2) is 42.5 Å². The van der Waals surface area contributed by atoms with E-state index in [4.69, 9.17) is 11.6 Å². The number of anilines is 2. The van der Waals surface area contributed by atoms with Crippen LogP contribution in [0.1, 0.15) is 23.6 Å². The topological polar surface area (TPSA) is 61.4 Å². The van der Waals surface area contributed by atoms with Crippen LogP contribution in [0.2, 0.25) is 5.02 Å². The predicted molar refractivity (Wildman–Crippen MR) is 100 cm³/mol. The molecule has 0 aromatic heterocycles. The molecule has 25 heavy (non-hydrogen) atoms. The van der Waals surface area contributed by atoms with Crippen molar-refractivity contribution in [2.75, 3.05) is 24.3 Å². The van der Waals surface area contributed by atoms with Crippen molar-refractivity contribution >= 4 is 34.8 Å². The summed E-state index contributed by atoms with van der Waals surface area (Å²) in [7, 11) is 3.76. The molecule has 0 radical (unpaired) electrons. The van der Waals surface area contributed by atoms with E-state index in [2.05, 4.69) is 10.6 Å². The van der Waals surface area contributed by atoms with Gasteiger partial charge in [0.15, 0.2) is 0 Å². The molecule has 130 valence electrons. The van der Waals surface area contributed by atoms with Crippen LogP contribution in [0.3, 0.4) is 0 Å². The molecule has 6 heteroatoms. The summed E-state index contributed by atoms with van der Waals surface area (Å²) in [4.78, 5) is 26.5. The first-order chi connectivity index (χ1) is 12.0. The Kier molecular flexibility index (Phi) is 4.95. The van der Waals surface area contributed by atoms with E-state index >= 15 is 0 Å². The number of nitrogens with zero attached hydrogens (tertiary/aromatic N) is 1. The van der Waals surface area contributed by atoms with Crippen LogP contribution in [-0.4, -0.2) is 25.9 Å². The molecule has 0 bridgehead atoms. The highest BCUT2D eigenvalue weighted by atomic mass is 35.5. The molecule has 1 aliphatic carbocycles. The second-order valence-corrected chi connectivity index (χ2v) is 6.65. The maximum absolute atomic E-state index is 12.3. The molecule has 0 saturated heterocycles. The van der Waals surface area contributed by atoms with Gasteiger partial charge in [-0.1, -0.05) is 35.9 Å². The van der Waals surface area contributed by atoms with Crippen molar-refractivity contribution in [1.29, 1.82) is 0 Å². The number of carbonyl (C=O) groups excluding carboxylic acids is 2. The van der Waals surface area contributed by atoms with Crippen molar-refractivity contribution in [3.63, 3.8) is 0 Å². The summed E-state index contributed by atoms with van der Waals surface area (Å²) < 4.78 is 0. The largest absolute Gasteiger partial charge is 0.376 e. The summed E-state index contributed by atoms with van der Waals surface area (Å²) in [6.45, 7) is 0. The standard InChI is InChI=1S/C19H20ClN3O2/c1-23(2)17-9-4-3-8-16(17)22-19(25)18(24)21-15-11-10-12-13(15)6-5-7-14(12)20/h3-9,15H,10-11H2,1-2H3,(H,21,24)(H,22,25). The monoisotopic (exact) mass is 357 g/mol. The molecule has 1 aliphatic rings. The Hall–Kier alpha value is -2.53. The van der Waals surface area contributed by atoms with Crippen molar-refractivity contribution in [2.45, 2.75) is 18.9 Å². The lowest BCUT2D eigenvalue weighted by Crippen LogP contribution is -2.37. The molecule has 2 aromatic carbocycles. The Morgan fingerprint density at radius 1 is 1.08 bits per heavy atom. The van der Waals surface area contributed by atoms with Crippen molar-refractivity contribution in [1.82, 2.24) is 5.32 Å². The normalized spacial score (nSPS) is 15.4. The Bertz CT molecular complexity index is 820. The molecule has 1 unspecified atom stereocenters. The number of hydrogen-bond acceptors (Lipinski definition) is 3.